The number of hydrazone groups is 1. The quantitative estimate of drug-likeness (QED) is 0.317. The molecule has 0 radical (unpaired) electrons. The van der Waals surface area contributed by atoms with Crippen molar-refractivity contribution < 1.29 is 14.0 Å². The molecule has 4 rings (SSSR count). The van der Waals surface area contributed by atoms with Crippen LogP contribution >= 0.6 is 23.8 Å². The third-order valence-corrected chi connectivity index (χ3v) is 5.70. The van der Waals surface area contributed by atoms with Crippen LogP contribution in [0.15, 0.2) is 64.1 Å². The lowest BCUT2D eigenvalue weighted by molar-refractivity contribution is 0.0829. The van der Waals surface area contributed by atoms with Gasteiger partial charge in [0.2, 0.25) is 0 Å². The second-order valence-electron chi connectivity index (χ2n) is 7.61. The first kappa shape index (κ1) is 23.5. The number of aryl methyl sites for hydroxylation is 1. The molecule has 4 N–H and O–H groups in total. The van der Waals surface area contributed by atoms with Crippen LogP contribution in [0.3, 0.4) is 0 Å². The first-order valence-electron chi connectivity index (χ1n) is 10.6. The average molecular weight is 496 g/mol. The van der Waals surface area contributed by atoms with Crippen molar-refractivity contribution in [3.8, 4) is 0 Å². The van der Waals surface area contributed by atoms with Crippen LogP contribution in [-0.2, 0) is 6.42 Å². The largest absolute Gasteiger partial charge is 0.455 e. The molecule has 0 bridgehead atoms. The van der Waals surface area contributed by atoms with Crippen molar-refractivity contribution in [3.63, 3.8) is 0 Å². The Morgan fingerprint density at radius 3 is 2.44 bits per heavy atom. The van der Waals surface area contributed by atoms with Crippen LogP contribution in [0.1, 0.15) is 50.6 Å². The number of carbonyl (C=O) groups is 2. The summed E-state index contributed by atoms with van der Waals surface area (Å²) in [7, 11) is 0. The van der Waals surface area contributed by atoms with Crippen LogP contribution in [0, 0.1) is 6.92 Å². The van der Waals surface area contributed by atoms with Gasteiger partial charge in [-0.3, -0.25) is 25.9 Å². The Balaban J connectivity index is 1.43. The Morgan fingerprint density at radius 1 is 1.00 bits per heavy atom. The van der Waals surface area contributed by atoms with Crippen LogP contribution in [0.4, 0.5) is 5.69 Å². The van der Waals surface area contributed by atoms with E-state index in [2.05, 4.69) is 26.7 Å². The Labute approximate surface area is 206 Å². The third kappa shape index (κ3) is 5.44. The van der Waals surface area contributed by atoms with Gasteiger partial charge in [0.1, 0.15) is 5.76 Å². The molecule has 1 aromatic heterocycles. The number of nitrogens with zero attached hydrogens (tertiary/aromatic N) is 1. The van der Waals surface area contributed by atoms with Gasteiger partial charge in [0.25, 0.3) is 5.91 Å². The fraction of sp³-hybridized carbons (Fsp3) is 0.167. The molecule has 0 spiro atoms. The van der Waals surface area contributed by atoms with Gasteiger partial charge in [0.15, 0.2) is 10.9 Å². The van der Waals surface area contributed by atoms with Gasteiger partial charge in [-0.2, -0.15) is 5.10 Å². The van der Waals surface area contributed by atoms with E-state index in [0.29, 0.717) is 39.9 Å². The minimum atomic E-state index is -0.553. The molecule has 0 fully saturated rings. The molecular weight excluding hydrogens is 474 g/mol. The molecule has 0 aliphatic heterocycles. The van der Waals surface area contributed by atoms with Crippen molar-refractivity contribution in [1.82, 2.24) is 16.3 Å². The van der Waals surface area contributed by atoms with E-state index in [9.17, 15) is 9.59 Å². The molecule has 34 heavy (non-hydrogen) atoms. The van der Waals surface area contributed by atoms with Crippen LogP contribution in [0.2, 0.25) is 5.02 Å². The number of benzene rings is 2. The van der Waals surface area contributed by atoms with Crippen molar-refractivity contribution >= 4 is 52.1 Å². The van der Waals surface area contributed by atoms with Crippen molar-refractivity contribution in [3.05, 3.63) is 87.8 Å². The summed E-state index contributed by atoms with van der Waals surface area (Å²) in [5.74, 6) is -0.214. The third-order valence-electron chi connectivity index (χ3n) is 5.25. The first-order chi connectivity index (χ1) is 16.4. The minimum absolute atomic E-state index is 0.126. The number of rotatable bonds is 4. The zero-order chi connectivity index (χ0) is 24.1. The maximum atomic E-state index is 12.7. The van der Waals surface area contributed by atoms with E-state index in [1.807, 2.05) is 30.3 Å². The summed E-state index contributed by atoms with van der Waals surface area (Å²) in [5.41, 5.74) is 11.1. The van der Waals surface area contributed by atoms with Gasteiger partial charge in [0, 0.05) is 33.8 Å². The van der Waals surface area contributed by atoms with Gasteiger partial charge in [0.05, 0.1) is 5.71 Å². The number of furan rings is 1. The van der Waals surface area contributed by atoms with E-state index in [1.54, 1.807) is 31.2 Å². The highest BCUT2D eigenvalue weighted by atomic mass is 35.5. The molecule has 0 atom stereocenters. The van der Waals surface area contributed by atoms with Gasteiger partial charge >= 0.3 is 5.91 Å². The Hall–Kier alpha value is -3.69. The summed E-state index contributed by atoms with van der Waals surface area (Å²) in [4.78, 5) is 25.0. The van der Waals surface area contributed by atoms with Gasteiger partial charge in [-0.25, -0.2) is 0 Å². The highest BCUT2D eigenvalue weighted by Gasteiger charge is 2.28. The predicted octanol–water partition coefficient (Wildman–Crippen LogP) is 4.34. The Bertz CT molecular complexity index is 1260. The Morgan fingerprint density at radius 2 is 1.71 bits per heavy atom. The van der Waals surface area contributed by atoms with E-state index in [1.165, 1.54) is 0 Å². The predicted molar refractivity (Wildman–Crippen MR) is 135 cm³/mol. The maximum absolute atomic E-state index is 12.7. The number of fused-ring (bicyclic) bond motifs is 1. The van der Waals surface area contributed by atoms with E-state index in [0.717, 1.165) is 23.4 Å². The summed E-state index contributed by atoms with van der Waals surface area (Å²) in [6, 6.07) is 15.9. The smallest absolute Gasteiger partial charge is 0.305 e. The van der Waals surface area contributed by atoms with Crippen LogP contribution in [0.25, 0.3) is 0 Å². The molecule has 0 saturated heterocycles. The number of amides is 2. The van der Waals surface area contributed by atoms with Gasteiger partial charge in [-0.15, -0.1) is 0 Å². The summed E-state index contributed by atoms with van der Waals surface area (Å²) in [6.45, 7) is 1.79. The standard InChI is InChI=1S/C24H22ClN5O3S/c1-14-20-18(27-30-24(34)26-17-6-3-2-4-7-17)8-5-9-19(20)33-21(14)23(32)29-28-22(31)15-10-12-16(25)13-11-15/h2-4,6-7,10-13H,5,8-9H2,1H3,(H,28,31)(H,29,32)(H2,26,30,34)/b27-18+. The van der Waals surface area contributed by atoms with Crippen LogP contribution in [0.5, 0.6) is 0 Å². The molecule has 2 amide bonds. The fourth-order valence-corrected chi connectivity index (χ4v) is 3.93. The number of hydrogen-bond donors (Lipinski definition) is 4. The number of carbonyl (C=O) groups excluding carboxylic acids is 2. The number of thiocarbonyl (C=S) groups is 1. The monoisotopic (exact) mass is 495 g/mol. The van der Waals surface area contributed by atoms with E-state index in [4.69, 9.17) is 28.2 Å². The number of anilines is 1. The zero-order valence-electron chi connectivity index (χ0n) is 18.3. The average Bonchev–Trinajstić information content (AvgIpc) is 3.19. The molecule has 0 saturated carbocycles. The summed E-state index contributed by atoms with van der Waals surface area (Å²) in [6.07, 6.45) is 2.22. The Kier molecular flexibility index (Phi) is 7.24. The molecule has 1 aliphatic carbocycles. The SMILES string of the molecule is Cc1c(C(=O)NNC(=O)c2ccc(Cl)cc2)oc2c1/C(=N/NC(=S)Nc1ccccc1)CCC2. The molecule has 1 heterocycles. The molecule has 3 aromatic rings. The number of halogens is 1. The molecule has 174 valence electrons. The van der Waals surface area contributed by atoms with Gasteiger partial charge in [-0.05, 0) is 68.4 Å². The number of nitrogens with one attached hydrogen (secondary N) is 4. The molecule has 8 nitrogen and oxygen atoms in total. The van der Waals surface area contributed by atoms with Crippen LogP contribution in [-0.4, -0.2) is 22.6 Å². The first-order valence-corrected chi connectivity index (χ1v) is 11.4. The van der Waals surface area contributed by atoms with Crippen molar-refractivity contribution in [2.45, 2.75) is 26.2 Å². The topological polar surface area (TPSA) is 108 Å². The van der Waals surface area contributed by atoms with Gasteiger partial charge < -0.3 is 9.73 Å². The summed E-state index contributed by atoms with van der Waals surface area (Å²) >= 11 is 11.2. The number of hydrazine groups is 1. The van der Waals surface area contributed by atoms with E-state index in [-0.39, 0.29) is 5.76 Å². The lowest BCUT2D eigenvalue weighted by Gasteiger charge is -2.14. The lowest BCUT2D eigenvalue weighted by Crippen LogP contribution is -2.41. The minimum Gasteiger partial charge on any atom is -0.455 e. The summed E-state index contributed by atoms with van der Waals surface area (Å²) < 4.78 is 5.85. The van der Waals surface area contributed by atoms with E-state index < -0.39 is 11.8 Å². The zero-order valence-corrected chi connectivity index (χ0v) is 19.8. The normalized spacial score (nSPS) is 13.6. The highest BCUT2D eigenvalue weighted by Crippen LogP contribution is 2.29. The second kappa shape index (κ2) is 10.5. The number of para-hydroxylation sites is 1. The molecule has 1 aliphatic rings. The molecule has 2 aromatic carbocycles. The van der Waals surface area contributed by atoms with Gasteiger partial charge in [-0.1, -0.05) is 29.8 Å². The van der Waals surface area contributed by atoms with E-state index >= 15 is 0 Å². The molecule has 10 heteroatoms. The highest BCUT2D eigenvalue weighted by molar-refractivity contribution is 7.80. The number of hydrogen-bond acceptors (Lipinski definition) is 5. The fourth-order valence-electron chi connectivity index (χ4n) is 3.64. The molecule has 0 unspecified atom stereocenters. The maximum Gasteiger partial charge on any atom is 0.305 e. The van der Waals surface area contributed by atoms with Crippen molar-refractivity contribution in [2.24, 2.45) is 5.10 Å². The van der Waals surface area contributed by atoms with Crippen molar-refractivity contribution in [2.75, 3.05) is 5.32 Å². The second-order valence-corrected chi connectivity index (χ2v) is 8.46. The molecular formula is C24H22ClN5O3S. The van der Waals surface area contributed by atoms with Crippen LogP contribution < -0.4 is 21.6 Å². The lowest BCUT2D eigenvalue weighted by atomic mass is 9.93. The summed E-state index contributed by atoms with van der Waals surface area (Å²) in [5, 5.41) is 8.40. The van der Waals surface area contributed by atoms with Crippen molar-refractivity contribution in [1.29, 1.82) is 0 Å².